The summed E-state index contributed by atoms with van der Waals surface area (Å²) in [6.07, 6.45) is 5.94. The van der Waals surface area contributed by atoms with Gasteiger partial charge in [0, 0.05) is 16.9 Å². The van der Waals surface area contributed by atoms with Crippen LogP contribution in [0, 0.1) is 0 Å². The molecular weight excluding hydrogens is 370 g/mol. The molecule has 1 heterocycles. The second kappa shape index (κ2) is 9.06. The van der Waals surface area contributed by atoms with Gasteiger partial charge in [-0.25, -0.2) is 0 Å². The van der Waals surface area contributed by atoms with Crippen LogP contribution in [0.25, 0.3) is 11.5 Å². The number of thioether (sulfide) groups is 1. The molecule has 0 unspecified atom stereocenters. The zero-order chi connectivity index (χ0) is 19.2. The highest BCUT2D eigenvalue weighted by atomic mass is 32.2. The van der Waals surface area contributed by atoms with Crippen molar-refractivity contribution in [2.45, 2.75) is 43.4 Å². The second-order valence-corrected chi connectivity index (χ2v) is 8.08. The molecule has 1 N–H and O–H groups in total. The number of amides is 1. The number of anilines is 1. The summed E-state index contributed by atoms with van der Waals surface area (Å²) in [5.41, 5.74) is 3.69. The van der Waals surface area contributed by atoms with E-state index in [-0.39, 0.29) is 11.9 Å². The largest absolute Gasteiger partial charge is 0.403 e. The first kappa shape index (κ1) is 18.7. The summed E-state index contributed by atoms with van der Waals surface area (Å²) in [7, 11) is 0. The zero-order valence-electron chi connectivity index (χ0n) is 15.7. The van der Waals surface area contributed by atoms with Gasteiger partial charge in [-0.1, -0.05) is 29.4 Å². The highest BCUT2D eigenvalue weighted by molar-refractivity contribution is 7.99. The van der Waals surface area contributed by atoms with E-state index in [1.165, 1.54) is 28.9 Å². The Bertz CT molecular complexity index is 940. The van der Waals surface area contributed by atoms with Crippen LogP contribution in [0.5, 0.6) is 0 Å². The molecule has 2 aromatic carbocycles. The van der Waals surface area contributed by atoms with E-state index >= 15 is 0 Å². The van der Waals surface area contributed by atoms with E-state index in [1.54, 1.807) is 11.8 Å². The number of aromatic nitrogens is 2. The lowest BCUT2D eigenvalue weighted by Crippen LogP contribution is -2.11. The Labute approximate surface area is 168 Å². The monoisotopic (exact) mass is 393 g/mol. The van der Waals surface area contributed by atoms with Gasteiger partial charge in [-0.3, -0.25) is 10.1 Å². The van der Waals surface area contributed by atoms with Crippen LogP contribution in [0.4, 0.5) is 6.01 Å². The van der Waals surface area contributed by atoms with Gasteiger partial charge in [0.25, 0.3) is 0 Å². The van der Waals surface area contributed by atoms with Gasteiger partial charge in [-0.2, -0.15) is 0 Å². The third kappa shape index (κ3) is 4.81. The Balaban J connectivity index is 1.28. The minimum absolute atomic E-state index is 0.102. The van der Waals surface area contributed by atoms with Crippen LogP contribution in [0.2, 0.25) is 0 Å². The summed E-state index contributed by atoms with van der Waals surface area (Å²) >= 11 is 1.75. The highest BCUT2D eigenvalue weighted by Crippen LogP contribution is 2.27. The number of rotatable bonds is 7. The van der Waals surface area contributed by atoms with Crippen molar-refractivity contribution in [1.29, 1.82) is 0 Å². The SMILES string of the molecule is O=C(CCCSc1ccccc1)Nc1nnc(-c2ccc3c(c2)CCCC3)o1. The predicted molar refractivity (Wildman–Crippen MR) is 111 cm³/mol. The molecule has 5 nitrogen and oxygen atoms in total. The van der Waals surface area contributed by atoms with Crippen LogP contribution in [-0.2, 0) is 17.6 Å². The van der Waals surface area contributed by atoms with Gasteiger partial charge in [-0.15, -0.1) is 16.9 Å². The molecule has 0 spiro atoms. The van der Waals surface area contributed by atoms with Crippen molar-refractivity contribution in [1.82, 2.24) is 10.2 Å². The predicted octanol–water partition coefficient (Wildman–Crippen LogP) is 5.13. The van der Waals surface area contributed by atoms with Crippen molar-refractivity contribution >= 4 is 23.7 Å². The first-order chi connectivity index (χ1) is 13.8. The minimum Gasteiger partial charge on any atom is -0.403 e. The summed E-state index contributed by atoms with van der Waals surface area (Å²) in [6, 6.07) is 16.6. The summed E-state index contributed by atoms with van der Waals surface area (Å²) in [5, 5.41) is 10.8. The summed E-state index contributed by atoms with van der Waals surface area (Å²) < 4.78 is 5.65. The Kier molecular flexibility index (Phi) is 6.07. The smallest absolute Gasteiger partial charge is 0.322 e. The van der Waals surface area contributed by atoms with Crippen molar-refractivity contribution in [3.8, 4) is 11.5 Å². The van der Waals surface area contributed by atoms with E-state index < -0.39 is 0 Å². The molecule has 1 aromatic heterocycles. The Morgan fingerprint density at radius 2 is 1.86 bits per heavy atom. The van der Waals surface area contributed by atoms with Crippen molar-refractivity contribution in [3.05, 3.63) is 59.7 Å². The summed E-state index contributed by atoms with van der Waals surface area (Å²) in [5.74, 6) is 1.24. The van der Waals surface area contributed by atoms with Crippen LogP contribution in [0.15, 0.2) is 57.8 Å². The van der Waals surface area contributed by atoms with Gasteiger partial charge in [0.2, 0.25) is 11.8 Å². The molecule has 4 rings (SSSR count). The molecule has 0 saturated carbocycles. The number of hydrogen-bond acceptors (Lipinski definition) is 5. The van der Waals surface area contributed by atoms with E-state index in [9.17, 15) is 4.79 Å². The fraction of sp³-hybridized carbons (Fsp3) is 0.318. The standard InChI is InChI=1S/C22H23N3O2S/c26-20(11-6-14-28-19-9-2-1-3-10-19)23-22-25-24-21(27-22)18-13-12-16-7-4-5-8-17(16)15-18/h1-3,9-10,12-13,15H,4-8,11,14H2,(H,23,25,26). The molecule has 0 aliphatic heterocycles. The maximum Gasteiger partial charge on any atom is 0.322 e. The van der Waals surface area contributed by atoms with E-state index in [0.717, 1.165) is 30.6 Å². The van der Waals surface area contributed by atoms with Crippen LogP contribution in [0.3, 0.4) is 0 Å². The van der Waals surface area contributed by atoms with Gasteiger partial charge >= 0.3 is 6.01 Å². The van der Waals surface area contributed by atoms with Crippen LogP contribution >= 0.6 is 11.8 Å². The molecule has 28 heavy (non-hydrogen) atoms. The maximum absolute atomic E-state index is 12.1. The molecule has 3 aromatic rings. The topological polar surface area (TPSA) is 68.0 Å². The average Bonchev–Trinajstić information content (AvgIpc) is 3.20. The third-order valence-corrected chi connectivity index (χ3v) is 5.93. The number of nitrogens with one attached hydrogen (secondary N) is 1. The minimum atomic E-state index is -0.102. The van der Waals surface area contributed by atoms with Crippen molar-refractivity contribution < 1.29 is 9.21 Å². The van der Waals surface area contributed by atoms with Gasteiger partial charge in [0.15, 0.2) is 0 Å². The first-order valence-electron chi connectivity index (χ1n) is 9.71. The van der Waals surface area contributed by atoms with Crippen molar-refractivity contribution in [2.24, 2.45) is 0 Å². The van der Waals surface area contributed by atoms with E-state index in [1.807, 2.05) is 24.3 Å². The van der Waals surface area contributed by atoms with Crippen LogP contribution < -0.4 is 5.32 Å². The summed E-state index contributed by atoms with van der Waals surface area (Å²) in [6.45, 7) is 0. The summed E-state index contributed by atoms with van der Waals surface area (Å²) in [4.78, 5) is 13.3. The lowest BCUT2D eigenvalue weighted by atomic mass is 9.90. The van der Waals surface area contributed by atoms with Crippen molar-refractivity contribution in [2.75, 3.05) is 11.1 Å². The number of nitrogens with zero attached hydrogens (tertiary/aromatic N) is 2. The van der Waals surface area contributed by atoms with Gasteiger partial charge in [-0.05, 0) is 73.2 Å². The molecule has 1 amide bonds. The number of aryl methyl sites for hydroxylation is 2. The maximum atomic E-state index is 12.1. The molecule has 1 aliphatic rings. The molecule has 6 heteroatoms. The van der Waals surface area contributed by atoms with Gasteiger partial charge < -0.3 is 4.42 Å². The molecule has 144 valence electrons. The number of carbonyl (C=O) groups excluding carboxylic acids is 1. The van der Waals surface area contributed by atoms with Crippen LogP contribution in [-0.4, -0.2) is 21.9 Å². The molecule has 0 fully saturated rings. The molecular formula is C22H23N3O2S. The molecule has 0 bridgehead atoms. The van der Waals surface area contributed by atoms with E-state index in [0.29, 0.717) is 12.3 Å². The molecule has 0 saturated heterocycles. The third-order valence-electron chi connectivity index (χ3n) is 4.83. The Morgan fingerprint density at radius 1 is 1.04 bits per heavy atom. The fourth-order valence-electron chi connectivity index (χ4n) is 3.38. The van der Waals surface area contributed by atoms with Crippen molar-refractivity contribution in [3.63, 3.8) is 0 Å². The Morgan fingerprint density at radius 3 is 2.71 bits per heavy atom. The lowest BCUT2D eigenvalue weighted by Gasteiger charge is -2.15. The molecule has 1 aliphatic carbocycles. The number of benzene rings is 2. The second-order valence-electron chi connectivity index (χ2n) is 6.92. The normalized spacial score (nSPS) is 13.1. The molecule has 0 radical (unpaired) electrons. The number of carbonyl (C=O) groups is 1. The van der Waals surface area contributed by atoms with E-state index in [4.69, 9.17) is 4.42 Å². The average molecular weight is 394 g/mol. The Hall–Kier alpha value is -2.60. The highest BCUT2D eigenvalue weighted by Gasteiger charge is 2.14. The molecule has 0 atom stereocenters. The lowest BCUT2D eigenvalue weighted by molar-refractivity contribution is -0.116. The quantitative estimate of drug-likeness (QED) is 0.445. The fourth-order valence-corrected chi connectivity index (χ4v) is 4.25. The van der Waals surface area contributed by atoms with E-state index in [2.05, 4.69) is 39.8 Å². The zero-order valence-corrected chi connectivity index (χ0v) is 16.5. The first-order valence-corrected chi connectivity index (χ1v) is 10.7. The number of fused-ring (bicyclic) bond motifs is 1. The van der Waals surface area contributed by atoms with Gasteiger partial charge in [0.05, 0.1) is 0 Å². The number of hydrogen-bond donors (Lipinski definition) is 1. The van der Waals surface area contributed by atoms with Gasteiger partial charge in [0.1, 0.15) is 0 Å². The van der Waals surface area contributed by atoms with Crippen LogP contribution in [0.1, 0.15) is 36.8 Å².